The summed E-state index contributed by atoms with van der Waals surface area (Å²) < 4.78 is 13.1. The Balaban J connectivity index is 1.48. The molecule has 0 spiro atoms. The van der Waals surface area contributed by atoms with Crippen molar-refractivity contribution in [1.29, 1.82) is 0 Å². The Morgan fingerprint density at radius 2 is 0.962 bits per heavy atom. The van der Waals surface area contributed by atoms with Crippen LogP contribution in [0.15, 0.2) is 48.5 Å². The van der Waals surface area contributed by atoms with Gasteiger partial charge >= 0.3 is 11.9 Å². The maximum absolute atomic E-state index is 12.3. The van der Waals surface area contributed by atoms with Crippen LogP contribution in [0.25, 0.3) is 0 Å². The zero-order valence-electron chi connectivity index (χ0n) is 14.0. The minimum absolute atomic E-state index is 0.156. The average molecular weight is 576 g/mol. The third-order valence-corrected chi connectivity index (χ3v) is 5.90. The van der Waals surface area contributed by atoms with Gasteiger partial charge in [0.25, 0.3) is 0 Å². The third-order valence-electron chi connectivity index (χ3n) is 4.46. The Hall–Kier alpha value is -1.16. The molecular formula is C20H18I2O4. The highest BCUT2D eigenvalue weighted by Crippen LogP contribution is 2.31. The molecule has 1 aliphatic carbocycles. The fourth-order valence-electron chi connectivity index (χ4n) is 2.97. The summed E-state index contributed by atoms with van der Waals surface area (Å²) in [4.78, 5) is 24.6. The standard InChI is InChI=1S/C20H18I2O4/c21-15-5-9-17(10-6-15)25-19(23)13-1-2-14(4-3-13)20(24)26-18-11-7-16(22)8-12-18/h5-14H,1-4H2. The zero-order chi connectivity index (χ0) is 18.5. The minimum atomic E-state index is -0.212. The molecule has 0 heterocycles. The Bertz CT molecular complexity index is 696. The van der Waals surface area contributed by atoms with Gasteiger partial charge in [-0.2, -0.15) is 0 Å². The SMILES string of the molecule is O=C(Oc1ccc(I)cc1)C1CCC(C(=O)Oc2ccc(I)cc2)CC1. The number of ether oxygens (including phenoxy) is 2. The summed E-state index contributed by atoms with van der Waals surface area (Å²) in [6.07, 6.45) is 2.59. The van der Waals surface area contributed by atoms with Gasteiger partial charge in [-0.15, -0.1) is 0 Å². The molecule has 6 heteroatoms. The summed E-state index contributed by atoms with van der Waals surface area (Å²) in [7, 11) is 0. The van der Waals surface area contributed by atoms with Gasteiger partial charge in [-0.1, -0.05) is 0 Å². The largest absolute Gasteiger partial charge is 0.426 e. The van der Waals surface area contributed by atoms with Gasteiger partial charge in [0.2, 0.25) is 0 Å². The van der Waals surface area contributed by atoms with Crippen LogP contribution in [0.4, 0.5) is 0 Å². The van der Waals surface area contributed by atoms with Crippen molar-refractivity contribution in [3.8, 4) is 11.5 Å². The summed E-state index contributed by atoms with van der Waals surface area (Å²) in [6, 6.07) is 14.8. The highest BCUT2D eigenvalue weighted by Gasteiger charge is 2.32. The van der Waals surface area contributed by atoms with Crippen molar-refractivity contribution in [3.63, 3.8) is 0 Å². The van der Waals surface area contributed by atoms with Gasteiger partial charge in [0.1, 0.15) is 11.5 Å². The number of hydrogen-bond donors (Lipinski definition) is 0. The van der Waals surface area contributed by atoms with E-state index in [1.54, 1.807) is 24.3 Å². The van der Waals surface area contributed by atoms with Crippen LogP contribution in [0.1, 0.15) is 25.7 Å². The van der Waals surface area contributed by atoms with Gasteiger partial charge < -0.3 is 9.47 Å². The second-order valence-electron chi connectivity index (χ2n) is 6.30. The Morgan fingerprint density at radius 1 is 0.654 bits per heavy atom. The van der Waals surface area contributed by atoms with Crippen molar-refractivity contribution in [3.05, 3.63) is 55.7 Å². The number of carbonyl (C=O) groups is 2. The molecule has 0 amide bonds. The van der Waals surface area contributed by atoms with Crippen LogP contribution in [0, 0.1) is 19.0 Å². The highest BCUT2D eigenvalue weighted by atomic mass is 127. The van der Waals surface area contributed by atoms with Crippen molar-refractivity contribution in [2.24, 2.45) is 11.8 Å². The number of esters is 2. The van der Waals surface area contributed by atoms with Crippen LogP contribution in [0.5, 0.6) is 11.5 Å². The molecule has 0 N–H and O–H groups in total. The molecule has 0 aliphatic heterocycles. The van der Waals surface area contributed by atoms with E-state index in [1.807, 2.05) is 24.3 Å². The van der Waals surface area contributed by atoms with Crippen molar-refractivity contribution >= 4 is 57.1 Å². The summed E-state index contributed by atoms with van der Waals surface area (Å²) in [6.45, 7) is 0. The van der Waals surface area contributed by atoms with Crippen LogP contribution < -0.4 is 9.47 Å². The van der Waals surface area contributed by atoms with E-state index >= 15 is 0 Å². The summed E-state index contributed by atoms with van der Waals surface area (Å²) >= 11 is 4.41. The van der Waals surface area contributed by atoms with Crippen LogP contribution in [0.2, 0.25) is 0 Å². The highest BCUT2D eigenvalue weighted by molar-refractivity contribution is 14.1. The van der Waals surface area contributed by atoms with E-state index < -0.39 is 0 Å². The monoisotopic (exact) mass is 576 g/mol. The number of hydrogen-bond acceptors (Lipinski definition) is 4. The van der Waals surface area contributed by atoms with Gasteiger partial charge in [-0.05, 0) is 119 Å². The molecule has 136 valence electrons. The Kier molecular flexibility index (Phi) is 6.91. The minimum Gasteiger partial charge on any atom is -0.426 e. The van der Waals surface area contributed by atoms with Gasteiger partial charge in [0, 0.05) is 7.14 Å². The molecule has 4 nitrogen and oxygen atoms in total. The van der Waals surface area contributed by atoms with Crippen molar-refractivity contribution < 1.29 is 19.1 Å². The van der Waals surface area contributed by atoms with Gasteiger partial charge in [0.05, 0.1) is 11.8 Å². The molecule has 0 aromatic heterocycles. The molecule has 1 aliphatic rings. The summed E-state index contributed by atoms with van der Waals surface area (Å²) in [5, 5.41) is 0. The van der Waals surface area contributed by atoms with Gasteiger partial charge in [-0.25, -0.2) is 0 Å². The van der Waals surface area contributed by atoms with E-state index in [0.717, 1.165) is 7.14 Å². The van der Waals surface area contributed by atoms with E-state index in [1.165, 1.54) is 0 Å². The summed E-state index contributed by atoms with van der Waals surface area (Å²) in [5.41, 5.74) is 0. The van der Waals surface area contributed by atoms with Crippen LogP contribution in [-0.2, 0) is 9.59 Å². The normalized spacial score (nSPS) is 19.6. The van der Waals surface area contributed by atoms with E-state index in [-0.39, 0.29) is 23.8 Å². The predicted octanol–water partition coefficient (Wildman–Crippen LogP) is 5.21. The van der Waals surface area contributed by atoms with E-state index in [4.69, 9.17) is 9.47 Å². The lowest BCUT2D eigenvalue weighted by Crippen LogP contribution is -2.30. The quantitative estimate of drug-likeness (QED) is 0.285. The first-order valence-corrected chi connectivity index (χ1v) is 10.6. The maximum Gasteiger partial charge on any atom is 0.314 e. The summed E-state index contributed by atoms with van der Waals surface area (Å²) in [5.74, 6) is 0.394. The lowest BCUT2D eigenvalue weighted by molar-refractivity contribution is -0.145. The molecule has 1 fully saturated rings. The van der Waals surface area contributed by atoms with Crippen molar-refractivity contribution in [2.45, 2.75) is 25.7 Å². The van der Waals surface area contributed by atoms with E-state index in [9.17, 15) is 9.59 Å². The van der Waals surface area contributed by atoms with Crippen LogP contribution >= 0.6 is 45.2 Å². The Labute approximate surface area is 179 Å². The second-order valence-corrected chi connectivity index (χ2v) is 8.79. The molecular weight excluding hydrogens is 558 g/mol. The number of rotatable bonds is 4. The fourth-order valence-corrected chi connectivity index (χ4v) is 3.69. The molecule has 2 aromatic carbocycles. The molecule has 0 radical (unpaired) electrons. The van der Waals surface area contributed by atoms with E-state index in [0.29, 0.717) is 37.2 Å². The fraction of sp³-hybridized carbons (Fsp3) is 0.300. The average Bonchev–Trinajstić information content (AvgIpc) is 2.65. The lowest BCUT2D eigenvalue weighted by atomic mass is 9.82. The molecule has 0 atom stereocenters. The first-order chi connectivity index (χ1) is 12.5. The lowest BCUT2D eigenvalue weighted by Gasteiger charge is -2.25. The molecule has 1 saturated carbocycles. The van der Waals surface area contributed by atoms with Crippen LogP contribution in [0.3, 0.4) is 0 Å². The molecule has 2 aromatic rings. The zero-order valence-corrected chi connectivity index (χ0v) is 18.3. The van der Waals surface area contributed by atoms with E-state index in [2.05, 4.69) is 45.2 Å². The molecule has 0 unspecified atom stereocenters. The van der Waals surface area contributed by atoms with Crippen LogP contribution in [-0.4, -0.2) is 11.9 Å². The third kappa shape index (κ3) is 5.42. The van der Waals surface area contributed by atoms with Gasteiger partial charge in [-0.3, -0.25) is 9.59 Å². The smallest absolute Gasteiger partial charge is 0.314 e. The number of halogens is 2. The molecule has 26 heavy (non-hydrogen) atoms. The van der Waals surface area contributed by atoms with Crippen molar-refractivity contribution in [2.75, 3.05) is 0 Å². The van der Waals surface area contributed by atoms with Gasteiger partial charge in [0.15, 0.2) is 0 Å². The topological polar surface area (TPSA) is 52.6 Å². The molecule has 3 rings (SSSR count). The Morgan fingerprint density at radius 3 is 1.27 bits per heavy atom. The molecule has 0 bridgehead atoms. The number of benzene rings is 2. The first kappa shape index (κ1) is 19.6. The number of carbonyl (C=O) groups excluding carboxylic acids is 2. The maximum atomic E-state index is 12.3. The second kappa shape index (κ2) is 9.16. The molecule has 0 saturated heterocycles. The van der Waals surface area contributed by atoms with Crippen molar-refractivity contribution in [1.82, 2.24) is 0 Å². The predicted molar refractivity (Wildman–Crippen MR) is 115 cm³/mol. The first-order valence-electron chi connectivity index (χ1n) is 8.46.